The monoisotopic (exact) mass is 250 g/mol. The third-order valence-corrected chi connectivity index (χ3v) is 2.24. The molecule has 5 heteroatoms. The van der Waals surface area contributed by atoms with Crippen LogP contribution in [0.15, 0.2) is 30.3 Å². The highest BCUT2D eigenvalue weighted by atomic mass is 16.6. The Bertz CT molecular complexity index is 392. The molecule has 18 heavy (non-hydrogen) atoms. The first kappa shape index (κ1) is 14.2. The standard InChI is InChI=1S/C13H18N2O3/c1-3-18-15-12(16)9-10(2)14-13(17)11-7-5-4-6-8-11/h4-8,10H,3,9H2,1-2H3,(H,14,17)(H,15,16). The van der Waals surface area contributed by atoms with E-state index in [4.69, 9.17) is 4.84 Å². The summed E-state index contributed by atoms with van der Waals surface area (Å²) in [5.74, 6) is -0.440. The van der Waals surface area contributed by atoms with Gasteiger partial charge in [-0.25, -0.2) is 5.48 Å². The summed E-state index contributed by atoms with van der Waals surface area (Å²) < 4.78 is 0. The minimum atomic E-state index is -0.252. The topological polar surface area (TPSA) is 67.4 Å². The van der Waals surface area contributed by atoms with Crippen molar-refractivity contribution in [2.75, 3.05) is 6.61 Å². The normalized spacial score (nSPS) is 11.7. The van der Waals surface area contributed by atoms with Gasteiger partial charge in [0.25, 0.3) is 5.91 Å². The van der Waals surface area contributed by atoms with Gasteiger partial charge in [0.15, 0.2) is 0 Å². The lowest BCUT2D eigenvalue weighted by Gasteiger charge is -2.13. The fourth-order valence-electron chi connectivity index (χ4n) is 1.42. The molecule has 0 spiro atoms. The van der Waals surface area contributed by atoms with E-state index in [1.807, 2.05) is 6.07 Å². The average Bonchev–Trinajstić information content (AvgIpc) is 2.37. The lowest BCUT2D eigenvalue weighted by atomic mass is 10.2. The molecular formula is C13H18N2O3. The number of rotatable bonds is 6. The van der Waals surface area contributed by atoms with Gasteiger partial charge in [-0.1, -0.05) is 18.2 Å². The summed E-state index contributed by atoms with van der Waals surface area (Å²) in [4.78, 5) is 27.9. The third-order valence-electron chi connectivity index (χ3n) is 2.24. The second-order valence-electron chi connectivity index (χ2n) is 3.90. The van der Waals surface area contributed by atoms with E-state index in [0.717, 1.165) is 0 Å². The molecule has 0 saturated carbocycles. The highest BCUT2D eigenvalue weighted by molar-refractivity contribution is 5.94. The number of hydroxylamine groups is 1. The van der Waals surface area contributed by atoms with Crippen LogP contribution in [0.4, 0.5) is 0 Å². The molecule has 2 N–H and O–H groups in total. The van der Waals surface area contributed by atoms with Crippen molar-refractivity contribution >= 4 is 11.8 Å². The van der Waals surface area contributed by atoms with Crippen molar-refractivity contribution in [1.29, 1.82) is 0 Å². The van der Waals surface area contributed by atoms with Crippen LogP contribution in [0, 0.1) is 0 Å². The second kappa shape index (κ2) is 7.45. The molecule has 0 aliphatic carbocycles. The molecule has 1 aromatic rings. The Morgan fingerprint density at radius 3 is 2.56 bits per heavy atom. The molecule has 0 radical (unpaired) electrons. The van der Waals surface area contributed by atoms with Crippen molar-refractivity contribution < 1.29 is 14.4 Å². The van der Waals surface area contributed by atoms with Crippen LogP contribution >= 0.6 is 0 Å². The minimum Gasteiger partial charge on any atom is -0.349 e. The largest absolute Gasteiger partial charge is 0.349 e. The molecule has 0 aliphatic heterocycles. The molecule has 0 fully saturated rings. The zero-order valence-corrected chi connectivity index (χ0v) is 10.6. The maximum absolute atomic E-state index is 11.8. The van der Waals surface area contributed by atoms with Gasteiger partial charge in [-0.15, -0.1) is 0 Å². The summed E-state index contributed by atoms with van der Waals surface area (Å²) in [6.07, 6.45) is 0.179. The van der Waals surface area contributed by atoms with Crippen LogP contribution in [0.25, 0.3) is 0 Å². The Morgan fingerprint density at radius 2 is 1.94 bits per heavy atom. The van der Waals surface area contributed by atoms with E-state index < -0.39 is 0 Å². The molecule has 0 aliphatic rings. The van der Waals surface area contributed by atoms with E-state index in [-0.39, 0.29) is 24.3 Å². The van der Waals surface area contributed by atoms with E-state index in [9.17, 15) is 9.59 Å². The van der Waals surface area contributed by atoms with Gasteiger partial charge < -0.3 is 5.32 Å². The van der Waals surface area contributed by atoms with Gasteiger partial charge in [-0.2, -0.15) is 0 Å². The zero-order valence-electron chi connectivity index (χ0n) is 10.6. The summed E-state index contributed by atoms with van der Waals surface area (Å²) in [6.45, 7) is 3.96. The highest BCUT2D eigenvalue weighted by Gasteiger charge is 2.12. The van der Waals surface area contributed by atoms with Crippen molar-refractivity contribution in [2.24, 2.45) is 0 Å². The average molecular weight is 250 g/mol. The number of benzene rings is 1. The molecule has 2 amide bonds. The van der Waals surface area contributed by atoms with Crippen LogP contribution in [0.3, 0.4) is 0 Å². The van der Waals surface area contributed by atoms with E-state index in [1.54, 1.807) is 38.1 Å². The third kappa shape index (κ3) is 4.97. The van der Waals surface area contributed by atoms with Crippen LogP contribution in [0.5, 0.6) is 0 Å². The quantitative estimate of drug-likeness (QED) is 0.747. The number of hydrogen-bond donors (Lipinski definition) is 2. The van der Waals surface area contributed by atoms with Crippen molar-refractivity contribution in [1.82, 2.24) is 10.8 Å². The van der Waals surface area contributed by atoms with Gasteiger partial charge >= 0.3 is 0 Å². The molecule has 5 nitrogen and oxygen atoms in total. The van der Waals surface area contributed by atoms with Gasteiger partial charge in [0.2, 0.25) is 5.91 Å². The number of carbonyl (C=O) groups excluding carboxylic acids is 2. The Kier molecular flexibility index (Phi) is 5.87. The summed E-state index contributed by atoms with van der Waals surface area (Å²) in [5.41, 5.74) is 2.86. The van der Waals surface area contributed by atoms with Crippen molar-refractivity contribution in [2.45, 2.75) is 26.3 Å². The maximum Gasteiger partial charge on any atom is 0.251 e. The molecule has 1 aromatic carbocycles. The van der Waals surface area contributed by atoms with E-state index >= 15 is 0 Å². The Balaban J connectivity index is 2.38. The van der Waals surface area contributed by atoms with E-state index in [0.29, 0.717) is 12.2 Å². The second-order valence-corrected chi connectivity index (χ2v) is 3.90. The first-order valence-corrected chi connectivity index (χ1v) is 5.90. The molecule has 98 valence electrons. The van der Waals surface area contributed by atoms with Crippen LogP contribution in [0.2, 0.25) is 0 Å². The first-order valence-electron chi connectivity index (χ1n) is 5.90. The first-order chi connectivity index (χ1) is 8.63. The predicted molar refractivity (Wildman–Crippen MR) is 67.8 cm³/mol. The van der Waals surface area contributed by atoms with Gasteiger partial charge in [0, 0.05) is 18.0 Å². The Labute approximate surface area is 106 Å². The number of nitrogens with one attached hydrogen (secondary N) is 2. The van der Waals surface area contributed by atoms with Crippen molar-refractivity contribution in [3.63, 3.8) is 0 Å². The fourth-order valence-corrected chi connectivity index (χ4v) is 1.42. The maximum atomic E-state index is 11.8. The molecule has 1 atom stereocenters. The molecule has 0 saturated heterocycles. The molecule has 0 bridgehead atoms. The van der Waals surface area contributed by atoms with Gasteiger partial charge in [-0.3, -0.25) is 14.4 Å². The molecule has 0 heterocycles. The lowest BCUT2D eigenvalue weighted by Crippen LogP contribution is -2.37. The summed E-state index contributed by atoms with van der Waals surface area (Å²) in [7, 11) is 0. The lowest BCUT2D eigenvalue weighted by molar-refractivity contribution is -0.133. The fraction of sp³-hybridized carbons (Fsp3) is 0.385. The van der Waals surface area contributed by atoms with E-state index in [1.165, 1.54) is 0 Å². The molecular weight excluding hydrogens is 232 g/mol. The number of carbonyl (C=O) groups is 2. The molecule has 0 aromatic heterocycles. The van der Waals surface area contributed by atoms with Crippen molar-refractivity contribution in [3.05, 3.63) is 35.9 Å². The Morgan fingerprint density at radius 1 is 1.28 bits per heavy atom. The van der Waals surface area contributed by atoms with Crippen LogP contribution in [-0.2, 0) is 9.63 Å². The summed E-state index contributed by atoms with van der Waals surface area (Å²) in [5, 5.41) is 2.75. The summed E-state index contributed by atoms with van der Waals surface area (Å²) in [6, 6.07) is 8.63. The molecule has 1 unspecified atom stereocenters. The molecule has 1 rings (SSSR count). The Hall–Kier alpha value is -1.88. The van der Waals surface area contributed by atoms with E-state index in [2.05, 4.69) is 10.8 Å². The SMILES string of the molecule is CCONC(=O)CC(C)NC(=O)c1ccccc1. The minimum absolute atomic E-state index is 0.179. The zero-order chi connectivity index (χ0) is 13.4. The van der Waals surface area contributed by atoms with Crippen LogP contribution in [-0.4, -0.2) is 24.5 Å². The van der Waals surface area contributed by atoms with Crippen molar-refractivity contribution in [3.8, 4) is 0 Å². The summed E-state index contributed by atoms with van der Waals surface area (Å²) >= 11 is 0. The highest BCUT2D eigenvalue weighted by Crippen LogP contribution is 2.00. The van der Waals surface area contributed by atoms with Gasteiger partial charge in [0.05, 0.1) is 6.61 Å². The van der Waals surface area contributed by atoms with Gasteiger partial charge in [-0.05, 0) is 26.0 Å². The van der Waals surface area contributed by atoms with Gasteiger partial charge in [0.1, 0.15) is 0 Å². The number of hydrogen-bond acceptors (Lipinski definition) is 3. The van der Waals surface area contributed by atoms with Crippen LogP contribution in [0.1, 0.15) is 30.6 Å². The number of amides is 2. The van der Waals surface area contributed by atoms with Crippen LogP contribution < -0.4 is 10.8 Å². The smallest absolute Gasteiger partial charge is 0.251 e. The predicted octanol–water partition coefficient (Wildman–Crippen LogP) is 1.26.